The van der Waals surface area contributed by atoms with Gasteiger partial charge in [-0.3, -0.25) is 9.69 Å². The molecule has 1 aromatic rings. The third-order valence-corrected chi connectivity index (χ3v) is 3.99. The van der Waals surface area contributed by atoms with Crippen molar-refractivity contribution in [3.05, 3.63) is 29.8 Å². The first-order valence-electron chi connectivity index (χ1n) is 6.41. The molecule has 3 heteroatoms. The van der Waals surface area contributed by atoms with Crippen LogP contribution in [0.3, 0.4) is 0 Å². The van der Waals surface area contributed by atoms with E-state index in [4.69, 9.17) is 0 Å². The van der Waals surface area contributed by atoms with Gasteiger partial charge in [-0.2, -0.15) is 0 Å². The van der Waals surface area contributed by atoms with Gasteiger partial charge in [-0.15, -0.1) is 0 Å². The molecular formula is C14H18N2O. The summed E-state index contributed by atoms with van der Waals surface area (Å²) in [6.07, 6.45) is 3.60. The maximum absolute atomic E-state index is 11.1. The van der Waals surface area contributed by atoms with Crippen LogP contribution in [-0.4, -0.2) is 43.4 Å². The molecule has 0 radical (unpaired) electrons. The Balaban J connectivity index is 1.82. The SMILES string of the molecule is O=Cc1ccccc1N1CCN2CCCC2C1. The third kappa shape index (κ3) is 1.95. The smallest absolute Gasteiger partial charge is 0.152 e. The second kappa shape index (κ2) is 4.49. The molecule has 0 aliphatic carbocycles. The van der Waals surface area contributed by atoms with Gasteiger partial charge in [0.1, 0.15) is 0 Å². The molecule has 2 aliphatic rings. The third-order valence-electron chi connectivity index (χ3n) is 3.99. The highest BCUT2D eigenvalue weighted by molar-refractivity contribution is 5.84. The van der Waals surface area contributed by atoms with Crippen molar-refractivity contribution in [2.45, 2.75) is 18.9 Å². The maximum Gasteiger partial charge on any atom is 0.152 e. The zero-order valence-corrected chi connectivity index (χ0v) is 10.0. The number of hydrogen-bond acceptors (Lipinski definition) is 3. The zero-order valence-electron chi connectivity index (χ0n) is 10.0. The van der Waals surface area contributed by atoms with Crippen LogP contribution in [0.15, 0.2) is 24.3 Å². The molecular weight excluding hydrogens is 212 g/mol. The lowest BCUT2D eigenvalue weighted by Crippen LogP contribution is -2.50. The minimum absolute atomic E-state index is 0.698. The van der Waals surface area contributed by atoms with Crippen LogP contribution in [0.4, 0.5) is 5.69 Å². The minimum atomic E-state index is 0.698. The number of fused-ring (bicyclic) bond motifs is 1. The highest BCUT2D eigenvalue weighted by Crippen LogP contribution is 2.26. The molecule has 90 valence electrons. The quantitative estimate of drug-likeness (QED) is 0.724. The normalized spacial score (nSPS) is 24.7. The first kappa shape index (κ1) is 10.8. The second-order valence-electron chi connectivity index (χ2n) is 4.95. The summed E-state index contributed by atoms with van der Waals surface area (Å²) in [6.45, 7) is 4.51. The number of piperazine rings is 1. The van der Waals surface area contributed by atoms with Crippen LogP contribution < -0.4 is 4.90 Å². The molecule has 1 unspecified atom stereocenters. The molecule has 17 heavy (non-hydrogen) atoms. The van der Waals surface area contributed by atoms with Crippen molar-refractivity contribution in [1.29, 1.82) is 0 Å². The van der Waals surface area contributed by atoms with Gasteiger partial charge in [-0.25, -0.2) is 0 Å². The minimum Gasteiger partial charge on any atom is -0.368 e. The summed E-state index contributed by atoms with van der Waals surface area (Å²) < 4.78 is 0. The van der Waals surface area contributed by atoms with E-state index in [-0.39, 0.29) is 0 Å². The molecule has 2 fully saturated rings. The number of aldehydes is 1. The fourth-order valence-electron chi connectivity index (χ4n) is 3.09. The molecule has 2 aliphatic heterocycles. The summed E-state index contributed by atoms with van der Waals surface area (Å²) in [5.41, 5.74) is 1.92. The largest absolute Gasteiger partial charge is 0.368 e. The average molecular weight is 230 g/mol. The average Bonchev–Trinajstić information content (AvgIpc) is 2.85. The van der Waals surface area contributed by atoms with Gasteiger partial charge in [0.05, 0.1) is 0 Å². The number of rotatable bonds is 2. The lowest BCUT2D eigenvalue weighted by molar-refractivity contribution is 0.112. The summed E-state index contributed by atoms with van der Waals surface area (Å²) in [5.74, 6) is 0. The summed E-state index contributed by atoms with van der Waals surface area (Å²) in [7, 11) is 0. The number of nitrogens with zero attached hydrogens (tertiary/aromatic N) is 2. The summed E-state index contributed by atoms with van der Waals surface area (Å²) >= 11 is 0. The topological polar surface area (TPSA) is 23.6 Å². The van der Waals surface area contributed by atoms with E-state index in [1.165, 1.54) is 19.4 Å². The maximum atomic E-state index is 11.1. The molecule has 0 amide bonds. The van der Waals surface area contributed by atoms with Gasteiger partial charge in [-0.1, -0.05) is 12.1 Å². The van der Waals surface area contributed by atoms with Crippen molar-refractivity contribution in [3.8, 4) is 0 Å². The van der Waals surface area contributed by atoms with Gasteiger partial charge in [0.15, 0.2) is 6.29 Å². The molecule has 3 nitrogen and oxygen atoms in total. The summed E-state index contributed by atoms with van der Waals surface area (Å²) in [4.78, 5) is 16.0. The lowest BCUT2D eigenvalue weighted by Gasteiger charge is -2.39. The number of anilines is 1. The second-order valence-corrected chi connectivity index (χ2v) is 4.95. The van der Waals surface area contributed by atoms with Gasteiger partial charge >= 0.3 is 0 Å². The first-order valence-corrected chi connectivity index (χ1v) is 6.41. The zero-order chi connectivity index (χ0) is 11.7. The van der Waals surface area contributed by atoms with E-state index in [1.54, 1.807) is 0 Å². The van der Waals surface area contributed by atoms with Gasteiger partial charge in [-0.05, 0) is 31.5 Å². The molecule has 1 aromatic carbocycles. The molecule has 2 heterocycles. The predicted molar refractivity (Wildman–Crippen MR) is 68.6 cm³/mol. The molecule has 2 saturated heterocycles. The van der Waals surface area contributed by atoms with Crippen molar-refractivity contribution in [3.63, 3.8) is 0 Å². The van der Waals surface area contributed by atoms with E-state index >= 15 is 0 Å². The summed E-state index contributed by atoms with van der Waals surface area (Å²) in [5, 5.41) is 0. The number of hydrogen-bond donors (Lipinski definition) is 0. The molecule has 0 aromatic heterocycles. The number of carbonyl (C=O) groups excluding carboxylic acids is 1. The molecule has 0 N–H and O–H groups in total. The van der Waals surface area contributed by atoms with Crippen molar-refractivity contribution in [2.24, 2.45) is 0 Å². The van der Waals surface area contributed by atoms with Crippen molar-refractivity contribution >= 4 is 12.0 Å². The van der Waals surface area contributed by atoms with Crippen LogP contribution in [0, 0.1) is 0 Å². The van der Waals surface area contributed by atoms with E-state index in [1.807, 2.05) is 18.2 Å². The summed E-state index contributed by atoms with van der Waals surface area (Å²) in [6, 6.07) is 8.61. The van der Waals surface area contributed by atoms with Crippen LogP contribution >= 0.6 is 0 Å². The van der Waals surface area contributed by atoms with Gasteiger partial charge in [0.25, 0.3) is 0 Å². The molecule has 0 spiro atoms. The standard InChI is InChI=1S/C14H18N2O/c17-11-12-4-1-2-6-14(12)16-9-8-15-7-3-5-13(15)10-16/h1-2,4,6,11,13H,3,5,7-10H2. The van der Waals surface area contributed by atoms with Crippen LogP contribution in [-0.2, 0) is 0 Å². The Morgan fingerprint density at radius 3 is 2.94 bits per heavy atom. The molecule has 1 atom stereocenters. The van der Waals surface area contributed by atoms with Crippen LogP contribution in [0.5, 0.6) is 0 Å². The van der Waals surface area contributed by atoms with Crippen LogP contribution in [0.2, 0.25) is 0 Å². The lowest BCUT2D eigenvalue weighted by atomic mass is 10.1. The van der Waals surface area contributed by atoms with Crippen LogP contribution in [0.1, 0.15) is 23.2 Å². The van der Waals surface area contributed by atoms with Gasteiger partial charge in [0, 0.05) is 36.9 Å². The Morgan fingerprint density at radius 2 is 2.06 bits per heavy atom. The highest BCUT2D eigenvalue weighted by atomic mass is 16.1. The fourth-order valence-corrected chi connectivity index (χ4v) is 3.09. The van der Waals surface area contributed by atoms with E-state index in [2.05, 4.69) is 15.9 Å². The Kier molecular flexibility index (Phi) is 2.85. The van der Waals surface area contributed by atoms with E-state index in [0.29, 0.717) is 6.04 Å². The number of benzene rings is 1. The van der Waals surface area contributed by atoms with E-state index in [9.17, 15) is 4.79 Å². The van der Waals surface area contributed by atoms with Crippen molar-refractivity contribution in [1.82, 2.24) is 4.90 Å². The molecule has 3 rings (SSSR count). The Hall–Kier alpha value is -1.35. The van der Waals surface area contributed by atoms with Crippen molar-refractivity contribution < 1.29 is 4.79 Å². The Labute approximate surface area is 102 Å². The van der Waals surface area contributed by atoms with E-state index in [0.717, 1.165) is 37.2 Å². The first-order chi connectivity index (χ1) is 8.38. The number of para-hydroxylation sites is 1. The monoisotopic (exact) mass is 230 g/mol. The fraction of sp³-hybridized carbons (Fsp3) is 0.500. The van der Waals surface area contributed by atoms with Gasteiger partial charge in [0.2, 0.25) is 0 Å². The van der Waals surface area contributed by atoms with Crippen molar-refractivity contribution in [2.75, 3.05) is 31.1 Å². The molecule has 0 bridgehead atoms. The van der Waals surface area contributed by atoms with Gasteiger partial charge < -0.3 is 4.90 Å². The Bertz CT molecular complexity index is 418. The number of carbonyl (C=O) groups is 1. The predicted octanol–water partition coefficient (Wildman–Crippen LogP) is 1.78. The highest BCUT2D eigenvalue weighted by Gasteiger charge is 2.30. The van der Waals surface area contributed by atoms with Crippen LogP contribution in [0.25, 0.3) is 0 Å². The molecule has 0 saturated carbocycles. The Morgan fingerprint density at radius 1 is 1.18 bits per heavy atom. The van der Waals surface area contributed by atoms with E-state index < -0.39 is 0 Å².